The van der Waals surface area contributed by atoms with Crippen LogP contribution in [0.15, 0.2) is 61.1 Å². The molecular formula is C24H17ClF4N6O2. The van der Waals surface area contributed by atoms with E-state index in [1.165, 1.54) is 24.4 Å². The molecule has 0 unspecified atom stereocenters. The van der Waals surface area contributed by atoms with Crippen LogP contribution in [-0.4, -0.2) is 25.8 Å². The minimum Gasteiger partial charge on any atom is -0.454 e. The zero-order valence-electron chi connectivity index (χ0n) is 18.8. The van der Waals surface area contributed by atoms with Crippen LogP contribution in [0.1, 0.15) is 24.4 Å². The Kier molecular flexibility index (Phi) is 6.42. The van der Waals surface area contributed by atoms with Crippen molar-refractivity contribution in [3.63, 3.8) is 0 Å². The van der Waals surface area contributed by atoms with Gasteiger partial charge in [-0.05, 0) is 49.2 Å². The zero-order valence-corrected chi connectivity index (χ0v) is 19.5. The van der Waals surface area contributed by atoms with E-state index < -0.39 is 28.6 Å². The quantitative estimate of drug-likeness (QED) is 0.263. The summed E-state index contributed by atoms with van der Waals surface area (Å²) in [4.78, 5) is 16.5. The number of nitrogens with one attached hydrogen (secondary N) is 2. The van der Waals surface area contributed by atoms with Crippen LogP contribution >= 0.6 is 11.6 Å². The fourth-order valence-corrected chi connectivity index (χ4v) is 3.77. The average molecular weight is 533 g/mol. The molecule has 0 atom stereocenters. The molecule has 1 fully saturated rings. The van der Waals surface area contributed by atoms with Gasteiger partial charge in [0.2, 0.25) is 0 Å². The summed E-state index contributed by atoms with van der Waals surface area (Å²) in [7, 11) is 0. The number of halogens is 5. The van der Waals surface area contributed by atoms with Gasteiger partial charge in [-0.15, -0.1) is 10.2 Å². The standard InChI is InChI=1S/C24H17ClF4N6O2/c25-18-5-1-13(9-17(18)24(27,28)29)32-23(36)33-14-2-6-21(19(26)10-14)37-16-7-8-30-20(11-16)22-34-31-12-35(22)15-3-4-15/h1-2,5-12,15H,3-4H2,(H2,32,33,36). The lowest BCUT2D eigenvalue weighted by atomic mass is 10.2. The number of urea groups is 1. The van der Waals surface area contributed by atoms with Gasteiger partial charge in [-0.25, -0.2) is 9.18 Å². The van der Waals surface area contributed by atoms with Crippen LogP contribution in [0.3, 0.4) is 0 Å². The van der Waals surface area contributed by atoms with Crippen molar-refractivity contribution in [2.45, 2.75) is 25.1 Å². The van der Waals surface area contributed by atoms with E-state index in [-0.39, 0.29) is 17.1 Å². The van der Waals surface area contributed by atoms with Crippen molar-refractivity contribution in [2.75, 3.05) is 10.6 Å². The average Bonchev–Trinajstić information content (AvgIpc) is 3.57. The van der Waals surface area contributed by atoms with E-state index in [0.29, 0.717) is 29.4 Å². The molecule has 0 aliphatic heterocycles. The maximum absolute atomic E-state index is 14.7. The number of alkyl halides is 3. The molecule has 190 valence electrons. The van der Waals surface area contributed by atoms with E-state index in [1.54, 1.807) is 18.5 Å². The highest BCUT2D eigenvalue weighted by atomic mass is 35.5. The van der Waals surface area contributed by atoms with Gasteiger partial charge in [0.25, 0.3) is 0 Å². The molecule has 1 aliphatic carbocycles. The number of carbonyl (C=O) groups is 1. The van der Waals surface area contributed by atoms with Gasteiger partial charge in [-0.1, -0.05) is 11.6 Å². The van der Waals surface area contributed by atoms with Crippen LogP contribution in [0.5, 0.6) is 11.5 Å². The van der Waals surface area contributed by atoms with Crippen LogP contribution in [-0.2, 0) is 6.18 Å². The molecule has 0 saturated heterocycles. The molecular weight excluding hydrogens is 516 g/mol. The first kappa shape index (κ1) is 24.5. The van der Waals surface area contributed by atoms with E-state index >= 15 is 0 Å². The molecule has 8 nitrogen and oxygen atoms in total. The first-order valence-corrected chi connectivity index (χ1v) is 11.3. The third kappa shape index (κ3) is 5.64. The van der Waals surface area contributed by atoms with Gasteiger partial charge in [0, 0.05) is 35.7 Å². The normalized spacial score (nSPS) is 13.3. The van der Waals surface area contributed by atoms with Gasteiger partial charge in [-0.2, -0.15) is 13.2 Å². The van der Waals surface area contributed by atoms with Gasteiger partial charge in [0.1, 0.15) is 17.8 Å². The van der Waals surface area contributed by atoms with E-state index in [2.05, 4.69) is 25.8 Å². The highest BCUT2D eigenvalue weighted by Gasteiger charge is 2.33. The van der Waals surface area contributed by atoms with E-state index in [0.717, 1.165) is 25.0 Å². The van der Waals surface area contributed by atoms with E-state index in [4.69, 9.17) is 16.3 Å². The number of pyridine rings is 1. The Hall–Kier alpha value is -4.19. The summed E-state index contributed by atoms with van der Waals surface area (Å²) in [6.45, 7) is 0. The van der Waals surface area contributed by atoms with Gasteiger partial charge < -0.3 is 19.9 Å². The summed E-state index contributed by atoms with van der Waals surface area (Å²) in [5.74, 6) is 0.0142. The van der Waals surface area contributed by atoms with Gasteiger partial charge in [0.05, 0.1) is 10.6 Å². The van der Waals surface area contributed by atoms with Crippen molar-refractivity contribution in [3.05, 3.63) is 77.5 Å². The van der Waals surface area contributed by atoms with Crippen molar-refractivity contribution >= 4 is 29.0 Å². The molecule has 2 aromatic heterocycles. The summed E-state index contributed by atoms with van der Waals surface area (Å²) in [6.07, 6.45) is 0.550. The number of anilines is 2. The highest BCUT2D eigenvalue weighted by Crippen LogP contribution is 2.38. The Morgan fingerprint density at radius 3 is 2.49 bits per heavy atom. The van der Waals surface area contributed by atoms with Crippen molar-refractivity contribution in [1.82, 2.24) is 19.7 Å². The number of benzene rings is 2. The SMILES string of the molecule is O=C(Nc1ccc(Oc2ccnc(-c3nncn3C3CC3)c2)c(F)c1)Nc1ccc(Cl)c(C(F)(F)F)c1. The molecule has 2 amide bonds. The van der Waals surface area contributed by atoms with Crippen LogP contribution in [0.4, 0.5) is 33.7 Å². The third-order valence-corrected chi connectivity index (χ3v) is 5.75. The van der Waals surface area contributed by atoms with Crippen LogP contribution < -0.4 is 15.4 Å². The Morgan fingerprint density at radius 1 is 1.05 bits per heavy atom. The molecule has 1 saturated carbocycles. The lowest BCUT2D eigenvalue weighted by Gasteiger charge is -2.13. The third-order valence-electron chi connectivity index (χ3n) is 5.42. The van der Waals surface area contributed by atoms with Gasteiger partial charge in [0.15, 0.2) is 17.4 Å². The van der Waals surface area contributed by atoms with Crippen molar-refractivity contribution < 1.29 is 27.1 Å². The second kappa shape index (κ2) is 9.69. The van der Waals surface area contributed by atoms with Crippen molar-refractivity contribution in [2.24, 2.45) is 0 Å². The molecule has 0 radical (unpaired) electrons. The number of ether oxygens (including phenoxy) is 1. The first-order valence-electron chi connectivity index (χ1n) is 11.0. The summed E-state index contributed by atoms with van der Waals surface area (Å²) >= 11 is 5.58. The lowest BCUT2D eigenvalue weighted by Crippen LogP contribution is -2.20. The Morgan fingerprint density at radius 2 is 1.78 bits per heavy atom. The minimum atomic E-state index is -4.69. The molecule has 5 rings (SSSR count). The molecule has 2 heterocycles. The number of carbonyl (C=O) groups excluding carboxylic acids is 1. The van der Waals surface area contributed by atoms with Crippen LogP contribution in [0.2, 0.25) is 5.02 Å². The lowest BCUT2D eigenvalue weighted by molar-refractivity contribution is -0.137. The molecule has 2 N–H and O–H groups in total. The van der Waals surface area contributed by atoms with Crippen LogP contribution in [0.25, 0.3) is 11.5 Å². The monoisotopic (exact) mass is 532 g/mol. The summed E-state index contributed by atoms with van der Waals surface area (Å²) in [6, 6.07) is 9.29. The molecule has 0 bridgehead atoms. The summed E-state index contributed by atoms with van der Waals surface area (Å²) < 4.78 is 61.4. The fraction of sp³-hybridized carbons (Fsp3) is 0.167. The topological polar surface area (TPSA) is 94.0 Å². The number of rotatable bonds is 6. The van der Waals surface area contributed by atoms with Crippen LogP contribution in [0, 0.1) is 5.82 Å². The number of nitrogens with zero attached hydrogens (tertiary/aromatic N) is 4. The van der Waals surface area contributed by atoms with E-state index in [9.17, 15) is 22.4 Å². The smallest absolute Gasteiger partial charge is 0.417 e. The maximum Gasteiger partial charge on any atom is 0.417 e. The number of hydrogen-bond acceptors (Lipinski definition) is 5. The maximum atomic E-state index is 14.7. The Bertz CT molecular complexity index is 1470. The van der Waals surface area contributed by atoms with Gasteiger partial charge >= 0.3 is 12.2 Å². The van der Waals surface area contributed by atoms with E-state index in [1.807, 2.05) is 4.57 Å². The highest BCUT2D eigenvalue weighted by molar-refractivity contribution is 6.31. The predicted molar refractivity (Wildman–Crippen MR) is 127 cm³/mol. The number of amides is 2. The molecule has 37 heavy (non-hydrogen) atoms. The first-order chi connectivity index (χ1) is 17.7. The molecule has 2 aromatic carbocycles. The van der Waals surface area contributed by atoms with Crippen molar-refractivity contribution in [1.29, 1.82) is 0 Å². The second-order valence-corrected chi connectivity index (χ2v) is 8.60. The summed E-state index contributed by atoms with van der Waals surface area (Å²) in [5, 5.41) is 12.2. The molecule has 13 heteroatoms. The van der Waals surface area contributed by atoms with Crippen molar-refractivity contribution in [3.8, 4) is 23.0 Å². The summed E-state index contributed by atoms with van der Waals surface area (Å²) in [5.41, 5.74) is -0.652. The molecule has 1 aliphatic rings. The minimum absolute atomic E-state index is 0.0558. The fourth-order valence-electron chi connectivity index (χ4n) is 3.54. The number of hydrogen-bond donors (Lipinski definition) is 2. The molecule has 0 spiro atoms. The zero-order chi connectivity index (χ0) is 26.2. The Labute approximate surface area is 212 Å². The largest absolute Gasteiger partial charge is 0.454 e. The second-order valence-electron chi connectivity index (χ2n) is 8.19. The number of aromatic nitrogens is 4. The molecule has 4 aromatic rings. The Balaban J connectivity index is 1.26. The van der Waals surface area contributed by atoms with Gasteiger partial charge in [-0.3, -0.25) is 4.98 Å². The predicted octanol–water partition coefficient (Wildman–Crippen LogP) is 6.92.